The number of rotatable bonds is 5. The Bertz CT molecular complexity index is 673. The van der Waals surface area contributed by atoms with E-state index in [-0.39, 0.29) is 5.91 Å². The molecule has 2 aliphatic rings. The minimum atomic E-state index is -1.17. The maximum atomic E-state index is 13.8. The molecule has 27 heavy (non-hydrogen) atoms. The van der Waals surface area contributed by atoms with E-state index in [0.717, 1.165) is 32.4 Å². The molecule has 1 N–H and O–H groups in total. The number of benzene rings is 1. The van der Waals surface area contributed by atoms with Crippen LogP contribution in [0.2, 0.25) is 0 Å². The first-order valence-electron chi connectivity index (χ1n) is 9.63. The van der Waals surface area contributed by atoms with Gasteiger partial charge in [-0.05, 0) is 51.1 Å². The van der Waals surface area contributed by atoms with E-state index >= 15 is 0 Å². The topological polar surface area (TPSA) is 49.4 Å². The Morgan fingerprint density at radius 1 is 1.00 bits per heavy atom. The summed E-state index contributed by atoms with van der Waals surface area (Å²) in [4.78, 5) is 26.6. The van der Waals surface area contributed by atoms with Crippen molar-refractivity contribution in [3.63, 3.8) is 0 Å². The van der Waals surface area contributed by atoms with Gasteiger partial charge in [0.2, 0.25) is 5.91 Å². The number of amides is 1. The van der Waals surface area contributed by atoms with Crippen LogP contribution in [0.3, 0.4) is 0 Å². The second-order valence-electron chi connectivity index (χ2n) is 7.50. The molecule has 2 saturated heterocycles. The van der Waals surface area contributed by atoms with Gasteiger partial charge in [0.05, 0.1) is 5.56 Å². The number of likely N-dealkylation sites (tertiary alicyclic amines) is 1. The van der Waals surface area contributed by atoms with Crippen molar-refractivity contribution in [1.82, 2.24) is 10.2 Å². The highest BCUT2D eigenvalue weighted by Gasteiger charge is 2.31. The smallest absolute Gasteiger partial charge is 0.222 e. The highest BCUT2D eigenvalue weighted by Crippen LogP contribution is 2.26. The minimum Gasteiger partial charge on any atom is -0.343 e. The first-order valence-corrected chi connectivity index (χ1v) is 9.63. The lowest BCUT2D eigenvalue weighted by molar-refractivity contribution is -0.132. The Morgan fingerprint density at radius 3 is 2.19 bits per heavy atom. The zero-order valence-corrected chi connectivity index (χ0v) is 15.3. The average molecular weight is 382 g/mol. The van der Waals surface area contributed by atoms with Crippen molar-refractivity contribution < 1.29 is 22.8 Å². The molecule has 0 aliphatic carbocycles. The molecule has 0 saturated carbocycles. The quantitative estimate of drug-likeness (QED) is 0.795. The van der Waals surface area contributed by atoms with Gasteiger partial charge < -0.3 is 10.2 Å². The molecule has 4 nitrogen and oxygen atoms in total. The molecular weight excluding hydrogens is 357 g/mol. The van der Waals surface area contributed by atoms with E-state index in [2.05, 4.69) is 5.32 Å². The van der Waals surface area contributed by atoms with Crippen molar-refractivity contribution >= 4 is 11.7 Å². The summed E-state index contributed by atoms with van der Waals surface area (Å²) in [5.74, 6) is -3.91. The van der Waals surface area contributed by atoms with Gasteiger partial charge in [-0.15, -0.1) is 0 Å². The normalized spacial score (nSPS) is 19.3. The van der Waals surface area contributed by atoms with Crippen LogP contribution in [0.15, 0.2) is 12.1 Å². The van der Waals surface area contributed by atoms with Crippen molar-refractivity contribution in [3.05, 3.63) is 35.1 Å². The van der Waals surface area contributed by atoms with Crippen molar-refractivity contribution in [2.45, 2.75) is 38.5 Å². The van der Waals surface area contributed by atoms with Crippen LogP contribution in [0, 0.1) is 29.3 Å². The Kier molecular flexibility index (Phi) is 6.52. The predicted octanol–water partition coefficient (Wildman–Crippen LogP) is 3.31. The summed E-state index contributed by atoms with van der Waals surface area (Å²) in [7, 11) is 0. The molecule has 2 fully saturated rings. The van der Waals surface area contributed by atoms with Crippen LogP contribution in [0.4, 0.5) is 13.2 Å². The molecule has 2 heterocycles. The summed E-state index contributed by atoms with van der Waals surface area (Å²) in [6.45, 7) is 2.82. The summed E-state index contributed by atoms with van der Waals surface area (Å²) >= 11 is 0. The highest BCUT2D eigenvalue weighted by molar-refractivity contribution is 5.98. The van der Waals surface area contributed by atoms with Crippen molar-refractivity contribution in [3.8, 4) is 0 Å². The van der Waals surface area contributed by atoms with Crippen LogP contribution in [0.1, 0.15) is 48.9 Å². The van der Waals surface area contributed by atoms with E-state index in [0.29, 0.717) is 50.4 Å². The Labute approximate surface area is 157 Å². The fourth-order valence-corrected chi connectivity index (χ4v) is 4.03. The van der Waals surface area contributed by atoms with Gasteiger partial charge in [-0.3, -0.25) is 9.59 Å². The minimum absolute atomic E-state index is 0.0820. The first-order chi connectivity index (χ1) is 13.0. The van der Waals surface area contributed by atoms with Gasteiger partial charge in [-0.1, -0.05) is 0 Å². The van der Waals surface area contributed by atoms with Gasteiger partial charge in [-0.2, -0.15) is 0 Å². The zero-order valence-electron chi connectivity index (χ0n) is 15.3. The largest absolute Gasteiger partial charge is 0.343 e. The number of hydrogen-bond acceptors (Lipinski definition) is 3. The maximum Gasteiger partial charge on any atom is 0.222 e. The predicted molar refractivity (Wildman–Crippen MR) is 94.8 cm³/mol. The molecule has 1 aromatic rings. The van der Waals surface area contributed by atoms with E-state index in [1.165, 1.54) is 0 Å². The molecule has 1 amide bonds. The number of nitrogens with zero attached hydrogens (tertiary/aromatic N) is 1. The van der Waals surface area contributed by atoms with Gasteiger partial charge >= 0.3 is 0 Å². The molecule has 7 heteroatoms. The van der Waals surface area contributed by atoms with Crippen LogP contribution < -0.4 is 5.32 Å². The Morgan fingerprint density at radius 2 is 1.59 bits per heavy atom. The average Bonchev–Trinajstić information content (AvgIpc) is 2.66. The lowest BCUT2D eigenvalue weighted by atomic mass is 9.88. The lowest BCUT2D eigenvalue weighted by Gasteiger charge is -2.32. The third-order valence-corrected chi connectivity index (χ3v) is 5.70. The summed E-state index contributed by atoms with van der Waals surface area (Å²) in [6, 6.07) is 1.05. The molecule has 0 spiro atoms. The first kappa shape index (κ1) is 19.9. The van der Waals surface area contributed by atoms with Crippen molar-refractivity contribution in [2.75, 3.05) is 26.2 Å². The third kappa shape index (κ3) is 4.89. The molecule has 148 valence electrons. The van der Waals surface area contributed by atoms with Gasteiger partial charge in [0.25, 0.3) is 0 Å². The Hall–Kier alpha value is -1.89. The van der Waals surface area contributed by atoms with Crippen LogP contribution in [0.25, 0.3) is 0 Å². The standard InChI is InChI=1S/C20H25F3N2O2/c21-15-11-16(22)19(17(23)12-15)20(27)14-5-9-25(10-6-14)18(26)2-1-13-3-7-24-8-4-13/h11-14,24H,1-10H2. The second-order valence-corrected chi connectivity index (χ2v) is 7.50. The third-order valence-electron chi connectivity index (χ3n) is 5.70. The van der Waals surface area contributed by atoms with Crippen LogP contribution in [-0.2, 0) is 4.79 Å². The fourth-order valence-electron chi connectivity index (χ4n) is 4.03. The molecule has 2 aliphatic heterocycles. The summed E-state index contributed by atoms with van der Waals surface area (Å²) in [5.41, 5.74) is -0.674. The van der Waals surface area contributed by atoms with Crippen LogP contribution >= 0.6 is 0 Å². The van der Waals surface area contributed by atoms with E-state index < -0.39 is 34.7 Å². The number of carbonyl (C=O) groups excluding carboxylic acids is 2. The highest BCUT2D eigenvalue weighted by atomic mass is 19.1. The molecule has 0 bridgehead atoms. The number of ketones is 1. The van der Waals surface area contributed by atoms with Gasteiger partial charge in [0.15, 0.2) is 5.78 Å². The molecule has 0 unspecified atom stereocenters. The number of nitrogens with one attached hydrogen (secondary N) is 1. The van der Waals surface area contributed by atoms with E-state index in [1.54, 1.807) is 4.90 Å². The molecule has 0 atom stereocenters. The summed E-state index contributed by atoms with van der Waals surface area (Å²) < 4.78 is 40.7. The number of carbonyl (C=O) groups is 2. The summed E-state index contributed by atoms with van der Waals surface area (Å²) in [5, 5.41) is 3.30. The fraction of sp³-hybridized carbons (Fsp3) is 0.600. The molecule has 0 aromatic heterocycles. The monoisotopic (exact) mass is 382 g/mol. The second kappa shape index (κ2) is 8.87. The Balaban J connectivity index is 1.51. The van der Waals surface area contributed by atoms with Crippen LogP contribution in [-0.4, -0.2) is 42.8 Å². The number of piperidine rings is 2. The molecular formula is C20H25F3N2O2. The zero-order chi connectivity index (χ0) is 19.4. The number of hydrogen-bond donors (Lipinski definition) is 1. The number of Topliss-reactive ketones (excluding diaryl/α,β-unsaturated/α-hetero) is 1. The summed E-state index contributed by atoms with van der Waals surface area (Å²) in [6.07, 6.45) is 4.32. The van der Waals surface area contributed by atoms with E-state index in [1.807, 2.05) is 0 Å². The van der Waals surface area contributed by atoms with Gasteiger partial charge in [0.1, 0.15) is 17.5 Å². The van der Waals surface area contributed by atoms with Crippen LogP contribution in [0.5, 0.6) is 0 Å². The molecule has 3 rings (SSSR count). The molecule has 1 aromatic carbocycles. The molecule has 0 radical (unpaired) electrons. The van der Waals surface area contributed by atoms with Crippen molar-refractivity contribution in [2.24, 2.45) is 11.8 Å². The number of halogens is 3. The maximum absolute atomic E-state index is 13.8. The van der Waals surface area contributed by atoms with Gasteiger partial charge in [0, 0.05) is 37.6 Å². The van der Waals surface area contributed by atoms with Gasteiger partial charge in [-0.25, -0.2) is 13.2 Å². The van der Waals surface area contributed by atoms with Crippen molar-refractivity contribution in [1.29, 1.82) is 0 Å². The van der Waals surface area contributed by atoms with E-state index in [9.17, 15) is 22.8 Å². The lowest BCUT2D eigenvalue weighted by Crippen LogP contribution is -2.40. The van der Waals surface area contributed by atoms with E-state index in [4.69, 9.17) is 0 Å². The SMILES string of the molecule is O=C(c1c(F)cc(F)cc1F)C1CCN(C(=O)CCC2CCNCC2)CC1.